The molecule has 25 heavy (non-hydrogen) atoms. The van der Waals surface area contributed by atoms with E-state index in [1.54, 1.807) is 13.2 Å². The van der Waals surface area contributed by atoms with E-state index in [9.17, 15) is 4.39 Å². The summed E-state index contributed by atoms with van der Waals surface area (Å²) in [6.07, 6.45) is 0. The van der Waals surface area contributed by atoms with Gasteiger partial charge in [0, 0.05) is 42.7 Å². The predicted octanol–water partition coefficient (Wildman–Crippen LogP) is 3.97. The van der Waals surface area contributed by atoms with Crippen LogP contribution in [0.4, 0.5) is 4.39 Å². The number of ether oxygens (including phenoxy) is 2. The van der Waals surface area contributed by atoms with E-state index in [2.05, 4.69) is 10.2 Å². The number of nitrogens with zero attached hydrogens (tertiary/aromatic N) is 1. The fourth-order valence-corrected chi connectivity index (χ4v) is 4.24. The summed E-state index contributed by atoms with van der Waals surface area (Å²) >= 11 is 7.61. The summed E-state index contributed by atoms with van der Waals surface area (Å²) < 4.78 is 26.1. The minimum absolute atomic E-state index is 0. The van der Waals surface area contributed by atoms with Gasteiger partial charge in [-0.15, -0.1) is 23.7 Å². The maximum Gasteiger partial charge on any atom is 0.163 e. The fourth-order valence-electron chi connectivity index (χ4n) is 3.02. The third kappa shape index (κ3) is 4.38. The summed E-state index contributed by atoms with van der Waals surface area (Å²) in [5, 5.41) is 3.33. The Hall–Kier alpha value is -1.05. The van der Waals surface area contributed by atoms with Crippen molar-refractivity contribution in [2.75, 3.05) is 40.4 Å². The first-order valence-corrected chi connectivity index (χ1v) is 8.95. The molecule has 138 valence electrons. The zero-order chi connectivity index (χ0) is 17.1. The smallest absolute Gasteiger partial charge is 0.163 e. The van der Waals surface area contributed by atoms with Gasteiger partial charge >= 0.3 is 0 Å². The Labute approximate surface area is 162 Å². The molecule has 1 saturated heterocycles. The standard InChI is InChI=1S/C17H20ClFN2O2S.ClH/c1-22-13-9-11(12(19)10-14(13)23-2)17(15-3-4-16(18)24-15)21-7-5-20-6-8-21;/h3-4,9-10,17,20H,5-8H2,1-2H3;1H/t17-;/m0./s1. The molecule has 0 radical (unpaired) electrons. The van der Waals surface area contributed by atoms with Gasteiger partial charge in [0.15, 0.2) is 11.5 Å². The summed E-state index contributed by atoms with van der Waals surface area (Å²) in [5.41, 5.74) is 0.577. The zero-order valence-electron chi connectivity index (χ0n) is 14.1. The highest BCUT2D eigenvalue weighted by molar-refractivity contribution is 7.16. The minimum atomic E-state index is -0.305. The van der Waals surface area contributed by atoms with E-state index in [0.29, 0.717) is 21.4 Å². The number of benzene rings is 1. The second-order valence-electron chi connectivity index (χ2n) is 5.56. The van der Waals surface area contributed by atoms with Crippen LogP contribution in [0.2, 0.25) is 4.34 Å². The zero-order valence-corrected chi connectivity index (χ0v) is 16.4. The molecule has 0 saturated carbocycles. The average Bonchev–Trinajstić information content (AvgIpc) is 3.03. The molecule has 1 aromatic heterocycles. The number of thiophene rings is 1. The molecule has 8 heteroatoms. The van der Waals surface area contributed by atoms with Crippen molar-refractivity contribution in [1.82, 2.24) is 10.2 Å². The lowest BCUT2D eigenvalue weighted by Gasteiger charge is -2.35. The number of hydrogen-bond acceptors (Lipinski definition) is 5. The molecule has 2 heterocycles. The minimum Gasteiger partial charge on any atom is -0.493 e. The number of piperazine rings is 1. The summed E-state index contributed by atoms with van der Waals surface area (Å²) in [5.74, 6) is 0.611. The first kappa shape index (κ1) is 20.3. The number of methoxy groups -OCH3 is 2. The Kier molecular flexibility index (Phi) is 7.34. The number of hydrogen-bond donors (Lipinski definition) is 1. The van der Waals surface area contributed by atoms with Gasteiger partial charge in [0.05, 0.1) is 24.6 Å². The van der Waals surface area contributed by atoms with Crippen molar-refractivity contribution in [3.8, 4) is 11.5 Å². The van der Waals surface area contributed by atoms with Crippen molar-refractivity contribution < 1.29 is 13.9 Å². The monoisotopic (exact) mass is 406 g/mol. The Bertz CT molecular complexity index is 708. The lowest BCUT2D eigenvalue weighted by molar-refractivity contribution is 0.197. The van der Waals surface area contributed by atoms with Crippen LogP contribution in [0.3, 0.4) is 0 Å². The van der Waals surface area contributed by atoms with Crippen molar-refractivity contribution in [3.63, 3.8) is 0 Å². The molecule has 0 bridgehead atoms. The molecular formula is C17H21Cl2FN2O2S. The molecule has 0 unspecified atom stereocenters. The second-order valence-corrected chi connectivity index (χ2v) is 7.31. The van der Waals surface area contributed by atoms with E-state index < -0.39 is 0 Å². The number of nitrogens with one attached hydrogen (secondary N) is 1. The van der Waals surface area contributed by atoms with Gasteiger partial charge in [0.2, 0.25) is 0 Å². The van der Waals surface area contributed by atoms with Gasteiger partial charge in [-0.2, -0.15) is 0 Å². The van der Waals surface area contributed by atoms with Gasteiger partial charge < -0.3 is 14.8 Å². The fraction of sp³-hybridized carbons (Fsp3) is 0.412. The van der Waals surface area contributed by atoms with Gasteiger partial charge in [-0.05, 0) is 18.2 Å². The van der Waals surface area contributed by atoms with Gasteiger partial charge in [-0.1, -0.05) is 11.6 Å². The lowest BCUT2D eigenvalue weighted by atomic mass is 10.0. The van der Waals surface area contributed by atoms with Crippen molar-refractivity contribution >= 4 is 35.3 Å². The Morgan fingerprint density at radius 1 is 1.16 bits per heavy atom. The molecule has 4 nitrogen and oxygen atoms in total. The molecule has 0 aliphatic carbocycles. The summed E-state index contributed by atoms with van der Waals surface area (Å²) in [6, 6.07) is 6.75. The highest BCUT2D eigenvalue weighted by atomic mass is 35.5. The SMILES string of the molecule is COc1cc(F)c([C@@H](c2ccc(Cl)s2)N2CCNCC2)cc1OC.Cl. The predicted molar refractivity (Wildman–Crippen MR) is 102 cm³/mol. The van der Waals surface area contributed by atoms with Gasteiger partial charge in [0.1, 0.15) is 5.82 Å². The van der Waals surface area contributed by atoms with Crippen LogP contribution in [-0.4, -0.2) is 45.3 Å². The molecule has 3 rings (SSSR count). The van der Waals surface area contributed by atoms with Gasteiger partial charge in [-0.3, -0.25) is 4.90 Å². The number of rotatable bonds is 5. The third-order valence-electron chi connectivity index (χ3n) is 4.18. The largest absolute Gasteiger partial charge is 0.493 e. The van der Waals surface area contributed by atoms with Gasteiger partial charge in [-0.25, -0.2) is 4.39 Å². The molecule has 1 N–H and O–H groups in total. The van der Waals surface area contributed by atoms with Crippen LogP contribution in [0.15, 0.2) is 24.3 Å². The second kappa shape index (κ2) is 9.05. The quantitative estimate of drug-likeness (QED) is 0.813. The van der Waals surface area contributed by atoms with Crippen molar-refractivity contribution in [2.24, 2.45) is 0 Å². The summed E-state index contributed by atoms with van der Waals surface area (Å²) in [6.45, 7) is 3.44. The first-order valence-electron chi connectivity index (χ1n) is 7.75. The van der Waals surface area contributed by atoms with Gasteiger partial charge in [0.25, 0.3) is 0 Å². The topological polar surface area (TPSA) is 33.7 Å². The first-order chi connectivity index (χ1) is 11.6. The third-order valence-corrected chi connectivity index (χ3v) is 5.46. The van der Waals surface area contributed by atoms with Crippen LogP contribution in [0.25, 0.3) is 0 Å². The van der Waals surface area contributed by atoms with E-state index in [-0.39, 0.29) is 24.3 Å². The molecule has 1 atom stereocenters. The van der Waals surface area contributed by atoms with E-state index >= 15 is 0 Å². The highest BCUT2D eigenvalue weighted by Gasteiger charge is 2.29. The molecule has 0 amide bonds. The Balaban J connectivity index is 0.00000225. The molecule has 1 fully saturated rings. The Morgan fingerprint density at radius 2 is 1.80 bits per heavy atom. The molecule has 1 aliphatic rings. The molecule has 1 aromatic carbocycles. The van der Waals surface area contributed by atoms with Crippen molar-refractivity contribution in [1.29, 1.82) is 0 Å². The summed E-state index contributed by atoms with van der Waals surface area (Å²) in [7, 11) is 3.06. The van der Waals surface area contributed by atoms with Crippen LogP contribution in [0.1, 0.15) is 16.5 Å². The van der Waals surface area contributed by atoms with E-state index in [4.69, 9.17) is 21.1 Å². The summed E-state index contributed by atoms with van der Waals surface area (Å²) in [4.78, 5) is 3.29. The molecule has 1 aliphatic heterocycles. The maximum absolute atomic E-state index is 14.8. The highest BCUT2D eigenvalue weighted by Crippen LogP contribution is 2.40. The van der Waals surface area contributed by atoms with E-state index in [1.165, 1.54) is 24.5 Å². The van der Waals surface area contributed by atoms with Crippen LogP contribution in [0, 0.1) is 5.82 Å². The van der Waals surface area contributed by atoms with E-state index in [1.807, 2.05) is 12.1 Å². The van der Waals surface area contributed by atoms with Crippen molar-refractivity contribution in [2.45, 2.75) is 6.04 Å². The lowest BCUT2D eigenvalue weighted by Crippen LogP contribution is -2.45. The molecule has 2 aromatic rings. The molecular weight excluding hydrogens is 386 g/mol. The molecule has 0 spiro atoms. The van der Waals surface area contributed by atoms with Crippen LogP contribution in [-0.2, 0) is 0 Å². The number of halogens is 3. The normalized spacial score (nSPS) is 16.2. The average molecular weight is 407 g/mol. The van der Waals surface area contributed by atoms with Crippen LogP contribution < -0.4 is 14.8 Å². The maximum atomic E-state index is 14.8. The van der Waals surface area contributed by atoms with Crippen LogP contribution >= 0.6 is 35.3 Å². The van der Waals surface area contributed by atoms with Crippen LogP contribution in [0.5, 0.6) is 11.5 Å². The van der Waals surface area contributed by atoms with Crippen molar-refractivity contribution in [3.05, 3.63) is 44.9 Å². The Morgan fingerprint density at radius 3 is 2.36 bits per heavy atom. The van der Waals surface area contributed by atoms with E-state index in [0.717, 1.165) is 31.1 Å².